The molecule has 1 aliphatic rings. The molecule has 172 valence electrons. The lowest BCUT2D eigenvalue weighted by Gasteiger charge is -2.15. The van der Waals surface area contributed by atoms with E-state index in [0.29, 0.717) is 0 Å². The Morgan fingerprint density at radius 2 is 1.44 bits per heavy atom. The predicted octanol–water partition coefficient (Wildman–Crippen LogP) is 7.82. The van der Waals surface area contributed by atoms with E-state index in [1.54, 1.807) is 0 Å². The summed E-state index contributed by atoms with van der Waals surface area (Å²) in [6.45, 7) is 4.13. The molecule has 1 aromatic heterocycles. The molecule has 0 radical (unpaired) electrons. The standard InChI is InChI=1S/C30H27NO2.ClH/c1-2-9-24(10-3-1)29-28(27-17-14-22-8-4-5-11-26(22)30(27)33-29)23-12-15-25(16-13-23)32-21-20-31-18-6-7-19-31;/h1-5,8-17H,6-7,18-21H2;1H. The summed E-state index contributed by atoms with van der Waals surface area (Å²) in [5.74, 6) is 1.82. The number of fused-ring (bicyclic) bond motifs is 3. The van der Waals surface area contributed by atoms with E-state index in [1.807, 2.05) is 6.07 Å². The summed E-state index contributed by atoms with van der Waals surface area (Å²) in [5, 5.41) is 3.46. The minimum atomic E-state index is 0. The van der Waals surface area contributed by atoms with Crippen LogP contribution in [-0.2, 0) is 0 Å². The molecule has 0 unspecified atom stereocenters. The number of furan rings is 1. The van der Waals surface area contributed by atoms with Gasteiger partial charge in [-0.05, 0) is 55.1 Å². The third-order valence-electron chi connectivity index (χ3n) is 6.63. The lowest BCUT2D eigenvalue weighted by atomic mass is 9.97. The topological polar surface area (TPSA) is 25.6 Å². The van der Waals surface area contributed by atoms with Gasteiger partial charge in [-0.3, -0.25) is 4.90 Å². The van der Waals surface area contributed by atoms with Crippen molar-refractivity contribution in [2.24, 2.45) is 0 Å². The number of ether oxygens (including phenoxy) is 1. The van der Waals surface area contributed by atoms with E-state index in [-0.39, 0.29) is 12.4 Å². The van der Waals surface area contributed by atoms with Crippen molar-refractivity contribution in [1.82, 2.24) is 4.90 Å². The van der Waals surface area contributed by atoms with E-state index in [4.69, 9.17) is 9.15 Å². The maximum atomic E-state index is 6.57. The van der Waals surface area contributed by atoms with Crippen LogP contribution in [0.1, 0.15) is 12.8 Å². The van der Waals surface area contributed by atoms with Gasteiger partial charge in [0, 0.05) is 28.4 Å². The van der Waals surface area contributed by atoms with Gasteiger partial charge in [0.1, 0.15) is 23.7 Å². The van der Waals surface area contributed by atoms with Gasteiger partial charge in [0.2, 0.25) is 0 Å². The van der Waals surface area contributed by atoms with Crippen LogP contribution in [0.5, 0.6) is 5.75 Å². The quantitative estimate of drug-likeness (QED) is 0.253. The molecular formula is C30H28ClNO2. The summed E-state index contributed by atoms with van der Waals surface area (Å²) < 4.78 is 12.6. The van der Waals surface area contributed by atoms with Crippen LogP contribution in [0.25, 0.3) is 44.2 Å². The first-order valence-corrected chi connectivity index (χ1v) is 11.8. The van der Waals surface area contributed by atoms with Crippen LogP contribution in [0.15, 0.2) is 95.4 Å². The van der Waals surface area contributed by atoms with Gasteiger partial charge in [0.25, 0.3) is 0 Å². The molecule has 34 heavy (non-hydrogen) atoms. The fourth-order valence-electron chi connectivity index (χ4n) is 4.92. The normalized spacial score (nSPS) is 13.9. The zero-order valence-corrected chi connectivity index (χ0v) is 19.9. The second kappa shape index (κ2) is 9.92. The fraction of sp³-hybridized carbons (Fsp3) is 0.200. The molecule has 3 nitrogen and oxygen atoms in total. The third-order valence-corrected chi connectivity index (χ3v) is 6.63. The zero-order chi connectivity index (χ0) is 22.0. The van der Waals surface area contributed by atoms with Gasteiger partial charge in [0.05, 0.1) is 0 Å². The first-order chi connectivity index (χ1) is 16.4. The highest BCUT2D eigenvalue weighted by Gasteiger charge is 2.19. The minimum Gasteiger partial charge on any atom is -0.492 e. The Hall–Kier alpha value is -3.27. The maximum Gasteiger partial charge on any atom is 0.143 e. The van der Waals surface area contributed by atoms with Crippen molar-refractivity contribution in [1.29, 1.82) is 0 Å². The van der Waals surface area contributed by atoms with Crippen LogP contribution in [0.3, 0.4) is 0 Å². The van der Waals surface area contributed by atoms with Crippen LogP contribution < -0.4 is 4.74 Å². The molecule has 0 aliphatic carbocycles. The van der Waals surface area contributed by atoms with Crippen molar-refractivity contribution >= 4 is 34.1 Å². The largest absolute Gasteiger partial charge is 0.492 e. The molecule has 4 aromatic carbocycles. The SMILES string of the molecule is Cl.c1ccc(-c2oc3c(ccc4ccccc43)c2-c2ccc(OCCN3CCCC3)cc2)cc1. The Balaban J connectivity index is 0.00000241. The molecule has 0 atom stereocenters. The molecule has 6 rings (SSSR count). The van der Waals surface area contributed by atoms with Crippen molar-refractivity contribution < 1.29 is 9.15 Å². The molecule has 1 fully saturated rings. The van der Waals surface area contributed by atoms with Crippen LogP contribution in [0, 0.1) is 0 Å². The van der Waals surface area contributed by atoms with E-state index in [9.17, 15) is 0 Å². The van der Waals surface area contributed by atoms with Crippen LogP contribution in [0.2, 0.25) is 0 Å². The Morgan fingerprint density at radius 1 is 0.706 bits per heavy atom. The first-order valence-electron chi connectivity index (χ1n) is 11.8. The number of benzene rings is 4. The van der Waals surface area contributed by atoms with Crippen LogP contribution in [0.4, 0.5) is 0 Å². The van der Waals surface area contributed by atoms with Gasteiger partial charge in [-0.2, -0.15) is 0 Å². The molecule has 0 amide bonds. The zero-order valence-electron chi connectivity index (χ0n) is 19.1. The number of likely N-dealkylation sites (tertiary alicyclic amines) is 1. The van der Waals surface area contributed by atoms with Gasteiger partial charge in [-0.25, -0.2) is 0 Å². The number of hydrogen-bond acceptors (Lipinski definition) is 3. The average molecular weight is 470 g/mol. The predicted molar refractivity (Wildman–Crippen MR) is 143 cm³/mol. The summed E-state index contributed by atoms with van der Waals surface area (Å²) in [6.07, 6.45) is 2.62. The van der Waals surface area contributed by atoms with Crippen LogP contribution >= 0.6 is 12.4 Å². The molecule has 0 spiro atoms. The van der Waals surface area contributed by atoms with Crippen molar-refractivity contribution in [3.8, 4) is 28.2 Å². The Bertz CT molecular complexity index is 1390. The van der Waals surface area contributed by atoms with Gasteiger partial charge in [0.15, 0.2) is 0 Å². The second-order valence-electron chi connectivity index (χ2n) is 8.76. The lowest BCUT2D eigenvalue weighted by Crippen LogP contribution is -2.25. The molecule has 5 aromatic rings. The highest BCUT2D eigenvalue weighted by molar-refractivity contribution is 6.12. The monoisotopic (exact) mass is 469 g/mol. The highest BCUT2D eigenvalue weighted by atomic mass is 35.5. The van der Waals surface area contributed by atoms with Gasteiger partial charge in [-0.1, -0.05) is 72.8 Å². The molecule has 1 saturated heterocycles. The van der Waals surface area contributed by atoms with Gasteiger partial charge >= 0.3 is 0 Å². The first kappa shape index (κ1) is 22.5. The van der Waals surface area contributed by atoms with E-state index in [2.05, 4.69) is 89.8 Å². The number of rotatable bonds is 6. The second-order valence-corrected chi connectivity index (χ2v) is 8.76. The maximum absolute atomic E-state index is 6.57. The van der Waals surface area contributed by atoms with E-state index >= 15 is 0 Å². The number of hydrogen-bond donors (Lipinski definition) is 0. The molecule has 4 heteroatoms. The molecule has 0 saturated carbocycles. The van der Waals surface area contributed by atoms with E-state index < -0.39 is 0 Å². The molecular weight excluding hydrogens is 442 g/mol. The average Bonchev–Trinajstić information content (AvgIpc) is 3.53. The van der Waals surface area contributed by atoms with Gasteiger partial charge in [-0.15, -0.1) is 12.4 Å². The summed E-state index contributed by atoms with van der Waals surface area (Å²) in [4.78, 5) is 2.47. The van der Waals surface area contributed by atoms with Crippen molar-refractivity contribution in [3.63, 3.8) is 0 Å². The van der Waals surface area contributed by atoms with Gasteiger partial charge < -0.3 is 9.15 Å². The smallest absolute Gasteiger partial charge is 0.143 e. The fourth-order valence-corrected chi connectivity index (χ4v) is 4.92. The Morgan fingerprint density at radius 3 is 2.24 bits per heavy atom. The number of halogens is 1. The highest BCUT2D eigenvalue weighted by Crippen LogP contribution is 2.43. The Kier molecular flexibility index (Phi) is 6.57. The van der Waals surface area contributed by atoms with Crippen molar-refractivity contribution in [2.75, 3.05) is 26.2 Å². The lowest BCUT2D eigenvalue weighted by molar-refractivity contribution is 0.238. The minimum absolute atomic E-state index is 0. The summed E-state index contributed by atoms with van der Waals surface area (Å²) in [7, 11) is 0. The molecule has 0 N–H and O–H groups in total. The van der Waals surface area contributed by atoms with Crippen LogP contribution in [-0.4, -0.2) is 31.1 Å². The third kappa shape index (κ3) is 4.29. The number of nitrogens with zero attached hydrogens (tertiary/aromatic N) is 1. The van der Waals surface area contributed by atoms with Crippen molar-refractivity contribution in [3.05, 3.63) is 91.0 Å². The van der Waals surface area contributed by atoms with E-state index in [1.165, 1.54) is 31.3 Å². The Labute approximate surface area is 206 Å². The van der Waals surface area contributed by atoms with Crippen molar-refractivity contribution in [2.45, 2.75) is 12.8 Å². The summed E-state index contributed by atoms with van der Waals surface area (Å²) >= 11 is 0. The molecule has 2 heterocycles. The molecule has 1 aliphatic heterocycles. The van der Waals surface area contributed by atoms with E-state index in [0.717, 1.165) is 57.7 Å². The summed E-state index contributed by atoms with van der Waals surface area (Å²) in [6, 6.07) is 31.6. The summed E-state index contributed by atoms with van der Waals surface area (Å²) in [5.41, 5.74) is 4.28. The molecule has 0 bridgehead atoms.